The number of aromatic nitrogens is 1. The fraction of sp³-hybridized carbons (Fsp3) is 0.417. The lowest BCUT2D eigenvalue weighted by Gasteiger charge is -2.27. The van der Waals surface area contributed by atoms with Gasteiger partial charge in [0.15, 0.2) is 0 Å². The third-order valence-electron chi connectivity index (χ3n) is 2.97. The zero-order chi connectivity index (χ0) is 12.4. The van der Waals surface area contributed by atoms with Gasteiger partial charge in [0.1, 0.15) is 5.52 Å². The second kappa shape index (κ2) is 5.14. The van der Waals surface area contributed by atoms with E-state index in [0.717, 1.165) is 27.3 Å². The number of rotatable bonds is 4. The smallest absolute Gasteiger partial charge is 0.106 e. The van der Waals surface area contributed by atoms with E-state index in [0.29, 0.717) is 6.04 Å². The Morgan fingerprint density at radius 1 is 1.53 bits per heavy atom. The standard InChI is InChI=1S/C12H17N3S2/c1-8(6-16-3)15(2)9-4-5-10-12(11(9)13)14-7-17-10/h4-5,7-8H,6,13H2,1-3H3. The van der Waals surface area contributed by atoms with Crippen LogP contribution >= 0.6 is 23.1 Å². The molecule has 0 aliphatic carbocycles. The van der Waals surface area contributed by atoms with Crippen LogP contribution in [0.4, 0.5) is 11.4 Å². The number of fused-ring (bicyclic) bond motifs is 1. The van der Waals surface area contributed by atoms with Gasteiger partial charge in [0, 0.05) is 18.8 Å². The first-order valence-electron chi connectivity index (χ1n) is 5.48. The number of nitrogens with two attached hydrogens (primary N) is 1. The lowest BCUT2D eigenvalue weighted by molar-refractivity contribution is 0.767. The molecule has 0 bridgehead atoms. The second-order valence-electron chi connectivity index (χ2n) is 4.11. The van der Waals surface area contributed by atoms with E-state index in [1.54, 1.807) is 11.3 Å². The monoisotopic (exact) mass is 267 g/mol. The van der Waals surface area contributed by atoms with Crippen molar-refractivity contribution < 1.29 is 0 Å². The van der Waals surface area contributed by atoms with Gasteiger partial charge < -0.3 is 10.6 Å². The normalized spacial score (nSPS) is 12.9. The summed E-state index contributed by atoms with van der Waals surface area (Å²) in [5.74, 6) is 1.09. The van der Waals surface area contributed by atoms with Crippen LogP contribution in [0.3, 0.4) is 0 Å². The number of anilines is 2. The average Bonchev–Trinajstić information content (AvgIpc) is 2.78. The molecule has 0 saturated heterocycles. The van der Waals surface area contributed by atoms with Gasteiger partial charge in [-0.1, -0.05) is 0 Å². The van der Waals surface area contributed by atoms with Gasteiger partial charge in [-0.05, 0) is 25.3 Å². The zero-order valence-corrected chi connectivity index (χ0v) is 11.9. The van der Waals surface area contributed by atoms with Crippen LogP contribution in [0.2, 0.25) is 0 Å². The molecule has 1 aromatic heterocycles. The first-order valence-corrected chi connectivity index (χ1v) is 7.76. The molecule has 0 saturated carbocycles. The molecule has 0 aliphatic heterocycles. The molecule has 2 N–H and O–H groups in total. The van der Waals surface area contributed by atoms with Crippen LogP contribution in [-0.2, 0) is 0 Å². The van der Waals surface area contributed by atoms with Crippen molar-refractivity contribution in [1.29, 1.82) is 0 Å². The van der Waals surface area contributed by atoms with E-state index in [1.165, 1.54) is 0 Å². The predicted octanol–water partition coefficient (Wildman–Crippen LogP) is 3.07. The summed E-state index contributed by atoms with van der Waals surface area (Å²) in [5, 5.41) is 0. The minimum absolute atomic E-state index is 0.461. The van der Waals surface area contributed by atoms with E-state index < -0.39 is 0 Å². The average molecular weight is 267 g/mol. The number of nitrogen functional groups attached to an aromatic ring is 1. The molecule has 0 radical (unpaired) electrons. The van der Waals surface area contributed by atoms with Gasteiger partial charge in [-0.15, -0.1) is 11.3 Å². The molecule has 2 aromatic rings. The Kier molecular flexibility index (Phi) is 3.79. The quantitative estimate of drug-likeness (QED) is 0.865. The molecule has 1 unspecified atom stereocenters. The lowest BCUT2D eigenvalue weighted by atomic mass is 10.2. The van der Waals surface area contributed by atoms with Gasteiger partial charge in [-0.25, -0.2) is 4.98 Å². The SMILES string of the molecule is CSCC(C)N(C)c1ccc2scnc2c1N. The number of nitrogens with zero attached hydrogens (tertiary/aromatic N) is 2. The van der Waals surface area contributed by atoms with Crippen molar-refractivity contribution in [2.45, 2.75) is 13.0 Å². The van der Waals surface area contributed by atoms with Gasteiger partial charge in [0.05, 0.1) is 21.6 Å². The van der Waals surface area contributed by atoms with Crippen LogP contribution in [0.15, 0.2) is 17.6 Å². The van der Waals surface area contributed by atoms with Gasteiger partial charge in [0.2, 0.25) is 0 Å². The molecule has 1 heterocycles. The Morgan fingerprint density at radius 2 is 2.29 bits per heavy atom. The fourth-order valence-electron chi connectivity index (χ4n) is 1.84. The molecule has 17 heavy (non-hydrogen) atoms. The Morgan fingerprint density at radius 3 is 3.00 bits per heavy atom. The van der Waals surface area contributed by atoms with E-state index in [-0.39, 0.29) is 0 Å². The second-order valence-corrected chi connectivity index (χ2v) is 5.91. The summed E-state index contributed by atoms with van der Waals surface area (Å²) in [6.45, 7) is 2.21. The van der Waals surface area contributed by atoms with E-state index in [2.05, 4.69) is 42.2 Å². The van der Waals surface area contributed by atoms with E-state index in [4.69, 9.17) is 5.73 Å². The van der Waals surface area contributed by atoms with E-state index in [1.807, 2.05) is 17.3 Å². The summed E-state index contributed by atoms with van der Waals surface area (Å²) in [6.07, 6.45) is 2.12. The van der Waals surface area contributed by atoms with Crippen molar-refractivity contribution in [2.24, 2.45) is 0 Å². The summed E-state index contributed by atoms with van der Waals surface area (Å²) in [5.41, 5.74) is 10.8. The van der Waals surface area contributed by atoms with E-state index >= 15 is 0 Å². The maximum atomic E-state index is 6.19. The van der Waals surface area contributed by atoms with Gasteiger partial charge >= 0.3 is 0 Å². The first kappa shape index (κ1) is 12.5. The highest BCUT2D eigenvalue weighted by Crippen LogP contribution is 2.32. The fourth-order valence-corrected chi connectivity index (χ4v) is 3.24. The molecular weight excluding hydrogens is 250 g/mol. The highest BCUT2D eigenvalue weighted by atomic mass is 32.2. The first-order chi connectivity index (χ1) is 8.15. The van der Waals surface area contributed by atoms with Crippen LogP contribution in [0, 0.1) is 0 Å². The van der Waals surface area contributed by atoms with Crippen molar-refractivity contribution in [1.82, 2.24) is 4.98 Å². The zero-order valence-electron chi connectivity index (χ0n) is 10.3. The molecule has 0 aliphatic rings. The predicted molar refractivity (Wildman–Crippen MR) is 80.3 cm³/mol. The Hall–Kier alpha value is -0.940. The summed E-state index contributed by atoms with van der Waals surface area (Å²) in [6, 6.07) is 4.65. The highest BCUT2D eigenvalue weighted by Gasteiger charge is 2.14. The van der Waals surface area contributed by atoms with Crippen molar-refractivity contribution in [2.75, 3.05) is 29.7 Å². The highest BCUT2D eigenvalue weighted by molar-refractivity contribution is 7.98. The Balaban J connectivity index is 2.37. The molecule has 0 fully saturated rings. The third-order valence-corrected chi connectivity index (χ3v) is 4.58. The van der Waals surface area contributed by atoms with Crippen LogP contribution in [0.5, 0.6) is 0 Å². The number of hydrogen-bond donors (Lipinski definition) is 1. The molecule has 92 valence electrons. The maximum absolute atomic E-state index is 6.19. The van der Waals surface area contributed by atoms with Crippen molar-refractivity contribution in [3.63, 3.8) is 0 Å². The lowest BCUT2D eigenvalue weighted by Crippen LogP contribution is -2.31. The third kappa shape index (κ3) is 2.35. The molecule has 1 atom stereocenters. The Bertz CT molecular complexity index is 509. The number of thiazole rings is 1. The molecule has 3 nitrogen and oxygen atoms in total. The topological polar surface area (TPSA) is 42.2 Å². The Labute approximate surface area is 110 Å². The minimum Gasteiger partial charge on any atom is -0.395 e. The molecule has 0 amide bonds. The van der Waals surface area contributed by atoms with Crippen LogP contribution in [0.1, 0.15) is 6.92 Å². The van der Waals surface area contributed by atoms with Crippen LogP contribution in [0.25, 0.3) is 10.2 Å². The summed E-state index contributed by atoms with van der Waals surface area (Å²) in [4.78, 5) is 6.56. The molecule has 1 aromatic carbocycles. The minimum atomic E-state index is 0.461. The van der Waals surface area contributed by atoms with Crippen molar-refractivity contribution in [3.05, 3.63) is 17.6 Å². The van der Waals surface area contributed by atoms with Gasteiger partial charge in [-0.3, -0.25) is 0 Å². The molecular formula is C12H17N3S2. The largest absolute Gasteiger partial charge is 0.395 e. The van der Waals surface area contributed by atoms with Crippen LogP contribution in [-0.4, -0.2) is 30.1 Å². The molecule has 0 spiro atoms. The summed E-state index contributed by atoms with van der Waals surface area (Å²) in [7, 11) is 2.09. The summed E-state index contributed by atoms with van der Waals surface area (Å²) >= 11 is 3.47. The number of thioether (sulfide) groups is 1. The maximum Gasteiger partial charge on any atom is 0.106 e. The van der Waals surface area contributed by atoms with Gasteiger partial charge in [0.25, 0.3) is 0 Å². The van der Waals surface area contributed by atoms with Crippen LogP contribution < -0.4 is 10.6 Å². The molecule has 5 heteroatoms. The van der Waals surface area contributed by atoms with Crippen molar-refractivity contribution in [3.8, 4) is 0 Å². The molecule has 2 rings (SSSR count). The van der Waals surface area contributed by atoms with Gasteiger partial charge in [-0.2, -0.15) is 11.8 Å². The van der Waals surface area contributed by atoms with Crippen molar-refractivity contribution >= 4 is 44.7 Å². The number of hydrogen-bond acceptors (Lipinski definition) is 5. The number of benzene rings is 1. The van der Waals surface area contributed by atoms with E-state index in [9.17, 15) is 0 Å². The summed E-state index contributed by atoms with van der Waals surface area (Å²) < 4.78 is 1.15.